The van der Waals surface area contributed by atoms with Crippen molar-refractivity contribution in [2.45, 2.75) is 13.3 Å². The second-order valence-electron chi connectivity index (χ2n) is 5.36. The smallest absolute Gasteiger partial charge is 0.275 e. The number of benzene rings is 1. The standard InChI is InChI=1S/C17H16ClN5O2/c1-2-6-19-15(24)12-5-4-11(9-13(12)18)21-16(25)14-10-23-8-3-7-20-17(23)22-14/h3-5,7-10H,2,6H2,1H3,(H,19,24)(H,21,25). The molecular weight excluding hydrogens is 342 g/mol. The Balaban J connectivity index is 1.75. The van der Waals surface area contributed by atoms with Crippen molar-refractivity contribution >= 4 is 34.9 Å². The molecule has 8 heteroatoms. The number of halogens is 1. The van der Waals surface area contributed by atoms with E-state index < -0.39 is 0 Å². The summed E-state index contributed by atoms with van der Waals surface area (Å²) in [6.45, 7) is 2.55. The molecule has 0 spiro atoms. The van der Waals surface area contributed by atoms with Crippen LogP contribution in [-0.4, -0.2) is 32.7 Å². The number of imidazole rings is 1. The molecule has 7 nitrogen and oxygen atoms in total. The Kier molecular flexibility index (Phi) is 4.95. The van der Waals surface area contributed by atoms with E-state index in [1.54, 1.807) is 41.2 Å². The first-order valence-corrected chi connectivity index (χ1v) is 8.15. The van der Waals surface area contributed by atoms with Crippen molar-refractivity contribution in [3.63, 3.8) is 0 Å². The lowest BCUT2D eigenvalue weighted by molar-refractivity contribution is 0.0953. The van der Waals surface area contributed by atoms with Crippen LogP contribution in [0, 0.1) is 0 Å². The van der Waals surface area contributed by atoms with Crippen LogP contribution in [0.25, 0.3) is 5.78 Å². The molecule has 0 bridgehead atoms. The van der Waals surface area contributed by atoms with Crippen LogP contribution in [0.1, 0.15) is 34.2 Å². The normalized spacial score (nSPS) is 10.6. The van der Waals surface area contributed by atoms with Crippen LogP contribution in [0.15, 0.2) is 42.9 Å². The Bertz CT molecular complexity index is 905. The molecule has 0 saturated carbocycles. The van der Waals surface area contributed by atoms with E-state index in [0.29, 0.717) is 23.6 Å². The van der Waals surface area contributed by atoms with Crippen LogP contribution in [0.2, 0.25) is 5.02 Å². The molecule has 0 aliphatic rings. The largest absolute Gasteiger partial charge is 0.352 e. The fraction of sp³-hybridized carbons (Fsp3) is 0.176. The van der Waals surface area contributed by atoms with Crippen molar-refractivity contribution in [2.24, 2.45) is 0 Å². The third-order valence-corrected chi connectivity index (χ3v) is 3.79. The molecule has 0 unspecified atom stereocenters. The van der Waals surface area contributed by atoms with E-state index in [1.807, 2.05) is 6.92 Å². The SMILES string of the molecule is CCCNC(=O)c1ccc(NC(=O)c2cn3cccnc3n2)cc1Cl. The third kappa shape index (κ3) is 3.77. The lowest BCUT2D eigenvalue weighted by Crippen LogP contribution is -2.24. The number of fused-ring (bicyclic) bond motifs is 1. The van der Waals surface area contributed by atoms with Gasteiger partial charge in [0.1, 0.15) is 5.69 Å². The first-order valence-electron chi connectivity index (χ1n) is 7.77. The molecule has 0 aliphatic carbocycles. The van der Waals surface area contributed by atoms with E-state index in [1.165, 1.54) is 6.07 Å². The van der Waals surface area contributed by atoms with E-state index in [-0.39, 0.29) is 22.5 Å². The molecule has 2 aromatic heterocycles. The molecule has 2 N–H and O–H groups in total. The molecule has 3 aromatic rings. The number of hydrogen-bond acceptors (Lipinski definition) is 4. The highest BCUT2D eigenvalue weighted by atomic mass is 35.5. The van der Waals surface area contributed by atoms with Gasteiger partial charge in [0.05, 0.1) is 10.6 Å². The maximum absolute atomic E-state index is 12.3. The van der Waals surface area contributed by atoms with E-state index in [4.69, 9.17) is 11.6 Å². The summed E-state index contributed by atoms with van der Waals surface area (Å²) in [7, 11) is 0. The predicted molar refractivity (Wildman–Crippen MR) is 95.0 cm³/mol. The summed E-state index contributed by atoms with van der Waals surface area (Å²) in [5.74, 6) is -0.186. The average molecular weight is 358 g/mol. The van der Waals surface area contributed by atoms with Gasteiger partial charge in [0.15, 0.2) is 0 Å². The highest BCUT2D eigenvalue weighted by molar-refractivity contribution is 6.34. The molecule has 1 aromatic carbocycles. The lowest BCUT2D eigenvalue weighted by Gasteiger charge is -2.08. The van der Waals surface area contributed by atoms with Crippen LogP contribution in [-0.2, 0) is 0 Å². The van der Waals surface area contributed by atoms with Gasteiger partial charge in [-0.25, -0.2) is 9.97 Å². The molecule has 128 valence electrons. The number of anilines is 1. The van der Waals surface area contributed by atoms with Gasteiger partial charge >= 0.3 is 0 Å². The Morgan fingerprint density at radius 1 is 1.28 bits per heavy atom. The lowest BCUT2D eigenvalue weighted by atomic mass is 10.2. The van der Waals surface area contributed by atoms with E-state index in [9.17, 15) is 9.59 Å². The molecule has 3 rings (SSSR count). The van der Waals surface area contributed by atoms with Gasteiger partial charge in [-0.2, -0.15) is 0 Å². The number of rotatable bonds is 5. The number of hydrogen-bond donors (Lipinski definition) is 2. The summed E-state index contributed by atoms with van der Waals surface area (Å²) >= 11 is 6.16. The Morgan fingerprint density at radius 3 is 2.84 bits per heavy atom. The van der Waals surface area contributed by atoms with Gasteiger partial charge in [0.2, 0.25) is 5.78 Å². The zero-order valence-corrected chi connectivity index (χ0v) is 14.2. The first-order chi connectivity index (χ1) is 12.1. The number of nitrogens with one attached hydrogen (secondary N) is 2. The Morgan fingerprint density at radius 2 is 2.12 bits per heavy atom. The summed E-state index contributed by atoms with van der Waals surface area (Å²) in [5.41, 5.74) is 1.08. The first kappa shape index (κ1) is 16.9. The molecule has 2 amide bonds. The monoisotopic (exact) mass is 357 g/mol. The number of aromatic nitrogens is 3. The summed E-state index contributed by atoms with van der Waals surface area (Å²) in [6.07, 6.45) is 5.79. The molecule has 0 aliphatic heterocycles. The third-order valence-electron chi connectivity index (χ3n) is 3.48. The predicted octanol–water partition coefficient (Wildman–Crippen LogP) is 2.77. The number of nitrogens with zero attached hydrogens (tertiary/aromatic N) is 3. The van der Waals surface area contributed by atoms with Crippen molar-refractivity contribution in [3.05, 3.63) is 59.1 Å². The van der Waals surface area contributed by atoms with Crippen molar-refractivity contribution in [1.29, 1.82) is 0 Å². The van der Waals surface area contributed by atoms with Gasteiger partial charge in [-0.15, -0.1) is 0 Å². The van der Waals surface area contributed by atoms with Crippen LogP contribution >= 0.6 is 11.6 Å². The van der Waals surface area contributed by atoms with Gasteiger partial charge in [-0.3, -0.25) is 14.0 Å². The number of carbonyl (C=O) groups excluding carboxylic acids is 2. The van der Waals surface area contributed by atoms with Gasteiger partial charge in [-0.05, 0) is 30.7 Å². The molecule has 0 radical (unpaired) electrons. The summed E-state index contributed by atoms with van der Waals surface area (Å²) in [4.78, 5) is 32.5. The van der Waals surface area contributed by atoms with Gasteiger partial charge in [0, 0.05) is 30.8 Å². The van der Waals surface area contributed by atoms with Crippen molar-refractivity contribution in [3.8, 4) is 0 Å². The van der Waals surface area contributed by atoms with E-state index >= 15 is 0 Å². The molecule has 0 fully saturated rings. The fourth-order valence-electron chi connectivity index (χ4n) is 2.25. The fourth-order valence-corrected chi connectivity index (χ4v) is 2.51. The van der Waals surface area contributed by atoms with Crippen LogP contribution in [0.3, 0.4) is 0 Å². The van der Waals surface area contributed by atoms with E-state index in [0.717, 1.165) is 6.42 Å². The average Bonchev–Trinajstić information content (AvgIpc) is 3.04. The minimum atomic E-state index is -0.384. The second kappa shape index (κ2) is 7.31. The zero-order chi connectivity index (χ0) is 17.8. The summed E-state index contributed by atoms with van der Waals surface area (Å²) in [6, 6.07) is 6.49. The van der Waals surface area contributed by atoms with E-state index in [2.05, 4.69) is 20.6 Å². The zero-order valence-electron chi connectivity index (χ0n) is 13.5. The summed E-state index contributed by atoms with van der Waals surface area (Å²) in [5, 5.41) is 5.74. The highest BCUT2D eigenvalue weighted by Crippen LogP contribution is 2.21. The van der Waals surface area contributed by atoms with Crippen LogP contribution in [0.5, 0.6) is 0 Å². The molecule has 0 saturated heterocycles. The van der Waals surface area contributed by atoms with Gasteiger partial charge in [0.25, 0.3) is 11.8 Å². The summed E-state index contributed by atoms with van der Waals surface area (Å²) < 4.78 is 1.66. The number of carbonyl (C=O) groups is 2. The topological polar surface area (TPSA) is 88.4 Å². The van der Waals surface area contributed by atoms with Crippen LogP contribution in [0.4, 0.5) is 5.69 Å². The van der Waals surface area contributed by atoms with Gasteiger partial charge in [-0.1, -0.05) is 18.5 Å². The quantitative estimate of drug-likeness (QED) is 0.734. The molecule has 2 heterocycles. The minimum absolute atomic E-state index is 0.236. The Labute approximate surface area is 149 Å². The molecule has 0 atom stereocenters. The highest BCUT2D eigenvalue weighted by Gasteiger charge is 2.14. The van der Waals surface area contributed by atoms with Crippen molar-refractivity contribution in [1.82, 2.24) is 19.7 Å². The molecule has 25 heavy (non-hydrogen) atoms. The molecular formula is C17H16ClN5O2. The maximum Gasteiger partial charge on any atom is 0.275 e. The minimum Gasteiger partial charge on any atom is -0.352 e. The van der Waals surface area contributed by atoms with Crippen LogP contribution < -0.4 is 10.6 Å². The van der Waals surface area contributed by atoms with Gasteiger partial charge < -0.3 is 10.6 Å². The maximum atomic E-state index is 12.3. The van der Waals surface area contributed by atoms with Crippen molar-refractivity contribution < 1.29 is 9.59 Å². The second-order valence-corrected chi connectivity index (χ2v) is 5.76. The Hall–Kier alpha value is -2.93. The van der Waals surface area contributed by atoms with Crippen molar-refractivity contribution in [2.75, 3.05) is 11.9 Å². The number of amides is 2.